The van der Waals surface area contributed by atoms with Crippen molar-refractivity contribution in [1.82, 2.24) is 4.98 Å². The van der Waals surface area contributed by atoms with E-state index in [1.807, 2.05) is 30.3 Å². The minimum Gasteiger partial charge on any atom is -0.480 e. The zero-order valence-corrected chi connectivity index (χ0v) is 12.1. The first-order valence-electron chi connectivity index (χ1n) is 5.37. The van der Waals surface area contributed by atoms with Gasteiger partial charge in [-0.2, -0.15) is 0 Å². The number of aromatic nitrogens is 1. The molecule has 5 heteroatoms. The Bertz CT molecular complexity index is 548. The maximum absolute atomic E-state index is 6.04. The average Bonchev–Trinajstić information content (AvgIpc) is 2.40. The maximum Gasteiger partial charge on any atom is 0.237 e. The summed E-state index contributed by atoms with van der Waals surface area (Å²) in [4.78, 5) is 4.12. The van der Waals surface area contributed by atoms with Crippen LogP contribution in [0.15, 0.2) is 41.0 Å². The quantitative estimate of drug-likeness (QED) is 0.917. The molecule has 18 heavy (non-hydrogen) atoms. The molecule has 94 valence electrons. The van der Waals surface area contributed by atoms with Gasteiger partial charge < -0.3 is 10.1 Å². The van der Waals surface area contributed by atoms with Gasteiger partial charge in [-0.05, 0) is 45.8 Å². The zero-order valence-electron chi connectivity index (χ0n) is 9.78. The molecule has 0 saturated carbocycles. The van der Waals surface area contributed by atoms with E-state index in [0.29, 0.717) is 17.4 Å². The number of rotatable bonds is 4. The summed E-state index contributed by atoms with van der Waals surface area (Å²) in [7, 11) is 1.60. The van der Waals surface area contributed by atoms with Gasteiger partial charge in [-0.25, -0.2) is 4.98 Å². The molecule has 1 N–H and O–H groups in total. The molecule has 0 aliphatic rings. The maximum atomic E-state index is 6.04. The van der Waals surface area contributed by atoms with Gasteiger partial charge in [-0.1, -0.05) is 17.7 Å². The van der Waals surface area contributed by atoms with Gasteiger partial charge in [0.2, 0.25) is 5.88 Å². The van der Waals surface area contributed by atoms with Gasteiger partial charge in [0.25, 0.3) is 0 Å². The van der Waals surface area contributed by atoms with Crippen molar-refractivity contribution >= 4 is 33.2 Å². The zero-order chi connectivity index (χ0) is 13.0. The predicted octanol–water partition coefficient (Wildman–Crippen LogP) is 4.12. The molecule has 0 aliphatic heterocycles. The number of benzene rings is 1. The summed E-state index contributed by atoms with van der Waals surface area (Å²) in [5, 5.41) is 3.97. The van der Waals surface area contributed by atoms with Crippen molar-refractivity contribution in [2.24, 2.45) is 0 Å². The molecule has 1 aromatic carbocycles. The predicted molar refractivity (Wildman–Crippen MR) is 77.3 cm³/mol. The molecular weight excluding hydrogens is 316 g/mol. The van der Waals surface area contributed by atoms with Crippen LogP contribution in [-0.2, 0) is 6.54 Å². The molecular formula is C13H12BrClN2O. The molecule has 0 aliphatic carbocycles. The highest BCUT2D eigenvalue weighted by Gasteiger charge is 2.03. The van der Waals surface area contributed by atoms with Crippen molar-refractivity contribution in [2.45, 2.75) is 6.54 Å². The van der Waals surface area contributed by atoms with E-state index in [2.05, 4.69) is 26.2 Å². The molecule has 0 radical (unpaired) electrons. The van der Waals surface area contributed by atoms with Gasteiger partial charge in [0.1, 0.15) is 0 Å². The average molecular weight is 328 g/mol. The number of hydrogen-bond acceptors (Lipinski definition) is 3. The van der Waals surface area contributed by atoms with Crippen molar-refractivity contribution in [3.63, 3.8) is 0 Å². The Balaban J connectivity index is 2.09. The Kier molecular flexibility index (Phi) is 4.44. The number of methoxy groups -OCH3 is 1. The standard InChI is InChI=1S/C13H12BrClN2O/c1-18-13-12(3-2-6-16-13)17-8-9-4-5-10(14)11(15)7-9/h2-7,17H,8H2,1H3. The fourth-order valence-electron chi connectivity index (χ4n) is 1.53. The Morgan fingerprint density at radius 1 is 1.39 bits per heavy atom. The van der Waals surface area contributed by atoms with E-state index in [1.54, 1.807) is 13.3 Å². The van der Waals surface area contributed by atoms with Crippen molar-refractivity contribution < 1.29 is 4.74 Å². The first kappa shape index (κ1) is 13.2. The highest BCUT2D eigenvalue weighted by atomic mass is 79.9. The Morgan fingerprint density at radius 2 is 2.22 bits per heavy atom. The van der Waals surface area contributed by atoms with E-state index in [4.69, 9.17) is 16.3 Å². The molecule has 0 fully saturated rings. The lowest BCUT2D eigenvalue weighted by molar-refractivity contribution is 0.399. The number of hydrogen-bond donors (Lipinski definition) is 1. The van der Waals surface area contributed by atoms with Crippen LogP contribution in [0.3, 0.4) is 0 Å². The number of nitrogens with one attached hydrogen (secondary N) is 1. The van der Waals surface area contributed by atoms with E-state index in [1.165, 1.54) is 0 Å². The minimum absolute atomic E-state index is 0.584. The highest BCUT2D eigenvalue weighted by Crippen LogP contribution is 2.25. The molecule has 1 heterocycles. The first-order chi connectivity index (χ1) is 8.70. The molecule has 3 nitrogen and oxygen atoms in total. The third-order valence-corrected chi connectivity index (χ3v) is 3.66. The Labute approximate surface area is 119 Å². The third-order valence-electron chi connectivity index (χ3n) is 2.43. The van der Waals surface area contributed by atoms with Crippen LogP contribution in [0.1, 0.15) is 5.56 Å². The number of anilines is 1. The van der Waals surface area contributed by atoms with Crippen molar-refractivity contribution in [3.05, 3.63) is 51.6 Å². The largest absolute Gasteiger partial charge is 0.480 e. The van der Waals surface area contributed by atoms with Crippen LogP contribution in [0, 0.1) is 0 Å². The second-order valence-corrected chi connectivity index (χ2v) is 4.92. The number of nitrogens with zero attached hydrogens (tertiary/aromatic N) is 1. The van der Waals surface area contributed by atoms with Gasteiger partial charge in [0, 0.05) is 17.2 Å². The number of ether oxygens (including phenoxy) is 1. The molecule has 0 atom stereocenters. The van der Waals surface area contributed by atoms with E-state index < -0.39 is 0 Å². The molecule has 1 aromatic heterocycles. The second-order valence-electron chi connectivity index (χ2n) is 3.66. The van der Waals surface area contributed by atoms with E-state index in [9.17, 15) is 0 Å². The van der Waals surface area contributed by atoms with Crippen LogP contribution in [0.25, 0.3) is 0 Å². The van der Waals surface area contributed by atoms with Crippen molar-refractivity contribution in [1.29, 1.82) is 0 Å². The monoisotopic (exact) mass is 326 g/mol. The lowest BCUT2D eigenvalue weighted by Crippen LogP contribution is -2.02. The summed E-state index contributed by atoms with van der Waals surface area (Å²) in [6, 6.07) is 9.64. The van der Waals surface area contributed by atoms with Crippen LogP contribution in [0.4, 0.5) is 5.69 Å². The highest BCUT2D eigenvalue weighted by molar-refractivity contribution is 9.10. The van der Waals surface area contributed by atoms with Crippen molar-refractivity contribution in [3.8, 4) is 5.88 Å². The normalized spacial score (nSPS) is 10.2. The third kappa shape index (κ3) is 3.15. The topological polar surface area (TPSA) is 34.1 Å². The summed E-state index contributed by atoms with van der Waals surface area (Å²) in [5.74, 6) is 0.584. The summed E-state index contributed by atoms with van der Waals surface area (Å²) in [6.07, 6.45) is 1.69. The second kappa shape index (κ2) is 6.07. The molecule has 0 amide bonds. The first-order valence-corrected chi connectivity index (χ1v) is 6.54. The number of halogens is 2. The Hall–Kier alpha value is -1.26. The van der Waals surface area contributed by atoms with Crippen LogP contribution in [-0.4, -0.2) is 12.1 Å². The van der Waals surface area contributed by atoms with Gasteiger partial charge >= 0.3 is 0 Å². The molecule has 2 aromatic rings. The summed E-state index contributed by atoms with van der Waals surface area (Å²) >= 11 is 9.41. The van der Waals surface area contributed by atoms with Crippen molar-refractivity contribution in [2.75, 3.05) is 12.4 Å². The van der Waals surface area contributed by atoms with Crippen LogP contribution in [0.2, 0.25) is 5.02 Å². The smallest absolute Gasteiger partial charge is 0.237 e. The van der Waals surface area contributed by atoms with E-state index in [-0.39, 0.29) is 0 Å². The lowest BCUT2D eigenvalue weighted by atomic mass is 10.2. The molecule has 0 bridgehead atoms. The fourth-order valence-corrected chi connectivity index (χ4v) is 1.98. The van der Waals surface area contributed by atoms with Gasteiger partial charge in [-0.3, -0.25) is 0 Å². The van der Waals surface area contributed by atoms with Gasteiger partial charge in [0.15, 0.2) is 0 Å². The minimum atomic E-state index is 0.584. The van der Waals surface area contributed by atoms with E-state index in [0.717, 1.165) is 15.7 Å². The van der Waals surface area contributed by atoms with Gasteiger partial charge in [0.05, 0.1) is 17.8 Å². The molecule has 0 saturated heterocycles. The lowest BCUT2D eigenvalue weighted by Gasteiger charge is -2.10. The number of pyridine rings is 1. The summed E-state index contributed by atoms with van der Waals surface area (Å²) in [6.45, 7) is 0.662. The summed E-state index contributed by atoms with van der Waals surface area (Å²) < 4.78 is 6.06. The fraction of sp³-hybridized carbons (Fsp3) is 0.154. The van der Waals surface area contributed by atoms with Crippen LogP contribution < -0.4 is 10.1 Å². The Morgan fingerprint density at radius 3 is 2.94 bits per heavy atom. The van der Waals surface area contributed by atoms with Gasteiger partial charge in [-0.15, -0.1) is 0 Å². The molecule has 2 rings (SSSR count). The summed E-state index contributed by atoms with van der Waals surface area (Å²) in [5.41, 5.74) is 1.95. The molecule has 0 spiro atoms. The van der Waals surface area contributed by atoms with Crippen LogP contribution in [0.5, 0.6) is 5.88 Å². The molecule has 0 unspecified atom stereocenters. The SMILES string of the molecule is COc1ncccc1NCc1ccc(Br)c(Cl)c1. The van der Waals surface area contributed by atoms with E-state index >= 15 is 0 Å². The van der Waals surface area contributed by atoms with Crippen LogP contribution >= 0.6 is 27.5 Å².